The van der Waals surface area contributed by atoms with E-state index in [1.165, 1.54) is 0 Å². The molecule has 2 aromatic carbocycles. The Labute approximate surface area is 193 Å². The molecule has 0 radical (unpaired) electrons. The van der Waals surface area contributed by atoms with Crippen molar-refractivity contribution in [1.29, 1.82) is 0 Å². The molecular formula is C22H24I2N2O2. The Bertz CT molecular complexity index is 825. The van der Waals surface area contributed by atoms with E-state index in [1.54, 1.807) is 0 Å². The van der Waals surface area contributed by atoms with Crippen LogP contribution in [0.15, 0.2) is 36.4 Å². The molecule has 2 atom stereocenters. The first-order chi connectivity index (χ1) is 13.3. The lowest BCUT2D eigenvalue weighted by atomic mass is 9.89. The number of amides is 2. The van der Waals surface area contributed by atoms with E-state index < -0.39 is 0 Å². The first kappa shape index (κ1) is 21.5. The highest BCUT2D eigenvalue weighted by Gasteiger charge is 2.28. The topological polar surface area (TPSA) is 58.2 Å². The average Bonchev–Trinajstić information content (AvgIpc) is 2.67. The maximum Gasteiger partial charge on any atom is 0.251 e. The molecule has 0 heterocycles. The number of rotatable bonds is 4. The van der Waals surface area contributed by atoms with Gasteiger partial charge >= 0.3 is 0 Å². The number of carbonyl (C=O) groups is 2. The Morgan fingerprint density at radius 3 is 1.54 bits per heavy atom. The number of hydrogen-bond acceptors (Lipinski definition) is 2. The molecule has 2 aromatic rings. The predicted molar refractivity (Wildman–Crippen MR) is 129 cm³/mol. The molecule has 0 saturated heterocycles. The largest absolute Gasteiger partial charge is 0.347 e. The fraction of sp³-hybridized carbons (Fsp3) is 0.364. The summed E-state index contributed by atoms with van der Waals surface area (Å²) < 4.78 is 2.15. The fourth-order valence-electron chi connectivity index (χ4n) is 3.45. The van der Waals surface area contributed by atoms with Crippen LogP contribution >= 0.6 is 45.2 Å². The van der Waals surface area contributed by atoms with Crippen LogP contribution in [0.5, 0.6) is 0 Å². The van der Waals surface area contributed by atoms with Crippen LogP contribution < -0.4 is 10.6 Å². The van der Waals surface area contributed by atoms with Gasteiger partial charge < -0.3 is 10.6 Å². The van der Waals surface area contributed by atoms with Crippen molar-refractivity contribution in [3.8, 4) is 0 Å². The Morgan fingerprint density at radius 2 is 1.18 bits per heavy atom. The summed E-state index contributed by atoms with van der Waals surface area (Å²) in [5.41, 5.74) is 3.65. The Hall–Kier alpha value is -1.16. The SMILES string of the molecule is Cc1ccc(C(=O)N[C@@H]2CCCC[C@H]2NC(=O)c2ccc(C)c(I)c2)cc1I. The molecule has 1 aliphatic rings. The highest BCUT2D eigenvalue weighted by Crippen LogP contribution is 2.21. The van der Waals surface area contributed by atoms with E-state index in [-0.39, 0.29) is 23.9 Å². The third kappa shape index (κ3) is 5.25. The molecule has 4 nitrogen and oxygen atoms in total. The summed E-state index contributed by atoms with van der Waals surface area (Å²) in [6.45, 7) is 4.06. The number of nitrogens with one attached hydrogen (secondary N) is 2. The van der Waals surface area contributed by atoms with Crippen LogP contribution in [0.1, 0.15) is 57.5 Å². The zero-order valence-corrected chi connectivity index (χ0v) is 20.3. The first-order valence-electron chi connectivity index (χ1n) is 9.49. The quantitative estimate of drug-likeness (QED) is 0.486. The van der Waals surface area contributed by atoms with Gasteiger partial charge in [-0.2, -0.15) is 0 Å². The lowest BCUT2D eigenvalue weighted by Gasteiger charge is -2.33. The monoisotopic (exact) mass is 602 g/mol. The van der Waals surface area contributed by atoms with Crippen molar-refractivity contribution in [3.05, 3.63) is 65.8 Å². The molecule has 6 heteroatoms. The van der Waals surface area contributed by atoms with Gasteiger partial charge in [0.1, 0.15) is 0 Å². The van der Waals surface area contributed by atoms with Crippen molar-refractivity contribution in [2.45, 2.75) is 51.6 Å². The van der Waals surface area contributed by atoms with Gasteiger partial charge in [-0.25, -0.2) is 0 Å². The van der Waals surface area contributed by atoms with Crippen molar-refractivity contribution < 1.29 is 9.59 Å². The molecule has 2 amide bonds. The molecule has 1 saturated carbocycles. The second-order valence-corrected chi connectivity index (χ2v) is 9.70. The van der Waals surface area contributed by atoms with E-state index >= 15 is 0 Å². The van der Waals surface area contributed by atoms with Crippen LogP contribution in [0.3, 0.4) is 0 Å². The molecule has 28 heavy (non-hydrogen) atoms. The minimum atomic E-state index is -0.0750. The van der Waals surface area contributed by atoms with E-state index in [4.69, 9.17) is 0 Å². The average molecular weight is 602 g/mol. The second-order valence-electron chi connectivity index (χ2n) is 7.37. The van der Waals surface area contributed by atoms with E-state index in [0.717, 1.165) is 44.0 Å². The van der Waals surface area contributed by atoms with Gasteiger partial charge in [0.15, 0.2) is 0 Å². The smallest absolute Gasteiger partial charge is 0.251 e. The molecule has 0 bridgehead atoms. The highest BCUT2D eigenvalue weighted by molar-refractivity contribution is 14.1. The van der Waals surface area contributed by atoms with Crippen molar-refractivity contribution in [2.75, 3.05) is 0 Å². The van der Waals surface area contributed by atoms with Crippen molar-refractivity contribution in [3.63, 3.8) is 0 Å². The zero-order valence-electron chi connectivity index (χ0n) is 16.0. The van der Waals surface area contributed by atoms with Crippen molar-refractivity contribution in [2.24, 2.45) is 0 Å². The summed E-state index contributed by atoms with van der Waals surface area (Å²) in [6, 6.07) is 11.4. The molecular weight excluding hydrogens is 578 g/mol. The van der Waals surface area contributed by atoms with Crippen LogP contribution in [0.2, 0.25) is 0 Å². The summed E-state index contributed by atoms with van der Waals surface area (Å²) >= 11 is 4.50. The van der Waals surface area contributed by atoms with Gasteiger partial charge in [0.25, 0.3) is 11.8 Å². The minimum absolute atomic E-state index is 0.0475. The number of hydrogen-bond donors (Lipinski definition) is 2. The Kier molecular flexibility index (Phi) is 7.36. The first-order valence-corrected chi connectivity index (χ1v) is 11.6. The molecule has 0 unspecified atom stereocenters. The number of carbonyl (C=O) groups excluding carboxylic acids is 2. The number of benzene rings is 2. The molecule has 0 aromatic heterocycles. The lowest BCUT2D eigenvalue weighted by Crippen LogP contribution is -2.53. The van der Waals surface area contributed by atoms with Gasteiger partial charge in [0.05, 0.1) is 0 Å². The van der Waals surface area contributed by atoms with Gasteiger partial charge in [0.2, 0.25) is 0 Å². The van der Waals surface area contributed by atoms with Gasteiger partial charge in [-0.3, -0.25) is 9.59 Å². The van der Waals surface area contributed by atoms with E-state index in [9.17, 15) is 9.59 Å². The Morgan fingerprint density at radius 1 is 0.786 bits per heavy atom. The minimum Gasteiger partial charge on any atom is -0.347 e. The number of aryl methyl sites for hydroxylation is 2. The standard InChI is InChI=1S/C22H24I2N2O2/c1-13-7-9-15(11-17(13)23)21(27)25-19-5-3-4-6-20(19)26-22(28)16-10-8-14(2)18(24)12-16/h7-12,19-20H,3-6H2,1-2H3,(H,25,27)(H,26,28)/t19-,20-/m1/s1. The summed E-state index contributed by atoms with van der Waals surface area (Å²) in [4.78, 5) is 25.5. The maximum absolute atomic E-state index is 12.7. The van der Waals surface area contributed by atoms with Gasteiger partial charge in [-0.1, -0.05) is 25.0 Å². The molecule has 0 aliphatic heterocycles. The highest BCUT2D eigenvalue weighted by atomic mass is 127. The Balaban J connectivity index is 1.69. The van der Waals surface area contributed by atoms with E-state index in [1.807, 2.05) is 50.2 Å². The second kappa shape index (κ2) is 9.56. The maximum atomic E-state index is 12.7. The van der Waals surface area contributed by atoms with Crippen LogP contribution in [-0.2, 0) is 0 Å². The van der Waals surface area contributed by atoms with E-state index in [2.05, 4.69) is 55.8 Å². The van der Waals surface area contributed by atoms with Gasteiger partial charge in [-0.15, -0.1) is 0 Å². The van der Waals surface area contributed by atoms with Crippen LogP contribution in [0, 0.1) is 21.0 Å². The molecule has 2 N–H and O–H groups in total. The molecule has 3 rings (SSSR count). The van der Waals surface area contributed by atoms with Gasteiger partial charge in [0, 0.05) is 30.4 Å². The van der Waals surface area contributed by atoms with E-state index in [0.29, 0.717) is 11.1 Å². The van der Waals surface area contributed by atoms with Crippen molar-refractivity contribution >= 4 is 57.0 Å². The molecule has 1 fully saturated rings. The predicted octanol–water partition coefficient (Wildman–Crippen LogP) is 4.98. The number of halogens is 2. The van der Waals surface area contributed by atoms with Crippen LogP contribution in [0.4, 0.5) is 0 Å². The summed E-state index contributed by atoms with van der Waals surface area (Å²) in [7, 11) is 0. The fourth-order valence-corrected chi connectivity index (χ4v) is 4.48. The summed E-state index contributed by atoms with van der Waals surface area (Å²) in [5.74, 6) is -0.150. The molecule has 1 aliphatic carbocycles. The van der Waals surface area contributed by atoms with Gasteiger partial charge in [-0.05, 0) is 107 Å². The molecule has 148 valence electrons. The third-order valence-electron chi connectivity index (χ3n) is 5.27. The lowest BCUT2D eigenvalue weighted by molar-refractivity contribution is 0.0862. The van der Waals surface area contributed by atoms with Crippen LogP contribution in [0.25, 0.3) is 0 Å². The molecule has 0 spiro atoms. The van der Waals surface area contributed by atoms with Crippen LogP contribution in [-0.4, -0.2) is 23.9 Å². The third-order valence-corrected chi connectivity index (χ3v) is 7.59. The zero-order chi connectivity index (χ0) is 20.3. The summed E-state index contributed by atoms with van der Waals surface area (Å²) in [5, 5.41) is 6.30. The van der Waals surface area contributed by atoms with Crippen molar-refractivity contribution in [1.82, 2.24) is 10.6 Å². The summed E-state index contributed by atoms with van der Waals surface area (Å²) in [6.07, 6.45) is 3.88. The normalized spacial score (nSPS) is 19.1.